The third kappa shape index (κ3) is 2.64. The van der Waals surface area contributed by atoms with Crippen LogP contribution in [0.15, 0.2) is 36.4 Å². The van der Waals surface area contributed by atoms with Gasteiger partial charge in [-0.25, -0.2) is 4.98 Å². The Kier molecular flexibility index (Phi) is 4.24. The van der Waals surface area contributed by atoms with Crippen molar-refractivity contribution in [1.29, 1.82) is 5.41 Å². The van der Waals surface area contributed by atoms with Gasteiger partial charge < -0.3 is 14.6 Å². The summed E-state index contributed by atoms with van der Waals surface area (Å²) in [6.07, 6.45) is 0.601. The minimum Gasteiger partial charge on any atom is -0.434 e. The van der Waals surface area contributed by atoms with Gasteiger partial charge >= 0.3 is 6.61 Å². The van der Waals surface area contributed by atoms with Crippen molar-refractivity contribution in [3.63, 3.8) is 0 Å². The molecule has 3 heterocycles. The van der Waals surface area contributed by atoms with Crippen LogP contribution in [0.2, 0.25) is 5.02 Å². The molecule has 0 spiro atoms. The van der Waals surface area contributed by atoms with E-state index in [4.69, 9.17) is 21.7 Å². The van der Waals surface area contributed by atoms with Crippen LogP contribution in [0.1, 0.15) is 35.5 Å². The number of imidazole rings is 1. The molecule has 1 aromatic heterocycles. The first-order valence-corrected chi connectivity index (χ1v) is 8.51. The number of hydrogen-bond acceptors (Lipinski definition) is 3. The lowest BCUT2D eigenvalue weighted by molar-refractivity contribution is -0.0506. The third-order valence-electron chi connectivity index (χ3n) is 4.96. The first-order valence-electron chi connectivity index (χ1n) is 8.13. The summed E-state index contributed by atoms with van der Waals surface area (Å²) in [5.74, 6) is 1.05. The van der Waals surface area contributed by atoms with Crippen LogP contribution in [0.3, 0.4) is 0 Å². The Bertz CT molecular complexity index is 1070. The van der Waals surface area contributed by atoms with Gasteiger partial charge in [0, 0.05) is 16.1 Å². The molecule has 140 valence electrons. The number of hydrogen-bond donors (Lipinski definition) is 2. The second-order valence-corrected chi connectivity index (χ2v) is 6.83. The van der Waals surface area contributed by atoms with Crippen LogP contribution in [0.25, 0.3) is 11.0 Å². The van der Waals surface area contributed by atoms with E-state index in [-0.39, 0.29) is 36.1 Å². The van der Waals surface area contributed by atoms with Crippen LogP contribution in [0.4, 0.5) is 8.78 Å². The van der Waals surface area contributed by atoms with E-state index in [1.165, 1.54) is 6.07 Å². The Labute approximate surface area is 164 Å². The fraction of sp³-hybridized carbons (Fsp3) is 0.222. The molecule has 2 bridgehead atoms. The summed E-state index contributed by atoms with van der Waals surface area (Å²) in [5.41, 5.74) is 2.76. The highest BCUT2D eigenvalue weighted by Crippen LogP contribution is 2.47. The van der Waals surface area contributed by atoms with E-state index in [1.807, 2.05) is 16.7 Å². The van der Waals surface area contributed by atoms with Crippen molar-refractivity contribution < 1.29 is 13.5 Å². The second-order valence-electron chi connectivity index (χ2n) is 6.39. The van der Waals surface area contributed by atoms with Crippen molar-refractivity contribution >= 4 is 40.9 Å². The number of nitrogens with zero attached hydrogens (tertiary/aromatic N) is 2. The van der Waals surface area contributed by atoms with Gasteiger partial charge in [-0.1, -0.05) is 23.7 Å². The van der Waals surface area contributed by atoms with Crippen molar-refractivity contribution in [2.24, 2.45) is 0 Å². The second kappa shape index (κ2) is 6.35. The Morgan fingerprint density at radius 1 is 1.30 bits per heavy atom. The highest BCUT2D eigenvalue weighted by Gasteiger charge is 2.41. The third-order valence-corrected chi connectivity index (χ3v) is 5.20. The van der Waals surface area contributed by atoms with Gasteiger partial charge in [-0.2, -0.15) is 8.78 Å². The van der Waals surface area contributed by atoms with Gasteiger partial charge in [0.25, 0.3) is 0 Å². The zero-order valence-corrected chi connectivity index (χ0v) is 15.3. The van der Waals surface area contributed by atoms with Crippen molar-refractivity contribution in [3.05, 3.63) is 58.4 Å². The first-order chi connectivity index (χ1) is 12.5. The summed E-state index contributed by atoms with van der Waals surface area (Å²) in [4.78, 5) is 4.67. The Balaban J connectivity index is 0.00000180. The number of ether oxygens (including phenoxy) is 1. The Morgan fingerprint density at radius 3 is 2.89 bits per heavy atom. The monoisotopic (exact) mass is 410 g/mol. The molecule has 0 saturated heterocycles. The highest BCUT2D eigenvalue weighted by molar-refractivity contribution is 6.31. The van der Waals surface area contributed by atoms with Crippen LogP contribution in [0.5, 0.6) is 5.75 Å². The van der Waals surface area contributed by atoms with Crippen LogP contribution >= 0.6 is 24.0 Å². The molecule has 2 N–H and O–H groups in total. The molecular formula is C18H14Cl2F2N4O. The van der Waals surface area contributed by atoms with E-state index in [2.05, 4.69) is 10.3 Å². The van der Waals surface area contributed by atoms with E-state index >= 15 is 0 Å². The lowest BCUT2D eigenvalue weighted by Gasteiger charge is -2.22. The molecule has 2 aliphatic heterocycles. The fourth-order valence-corrected chi connectivity index (χ4v) is 4.19. The maximum Gasteiger partial charge on any atom is 0.387 e. The largest absolute Gasteiger partial charge is 0.434 e. The number of amidine groups is 1. The van der Waals surface area contributed by atoms with Gasteiger partial charge in [-0.15, -0.1) is 12.4 Å². The minimum atomic E-state index is -2.93. The quantitative estimate of drug-likeness (QED) is 0.644. The highest BCUT2D eigenvalue weighted by atomic mass is 35.5. The summed E-state index contributed by atoms with van der Waals surface area (Å²) in [7, 11) is 0. The topological polar surface area (TPSA) is 62.9 Å². The number of fused-ring (bicyclic) bond motifs is 9. The maximum atomic E-state index is 12.9. The number of halogens is 4. The molecular weight excluding hydrogens is 397 g/mol. The van der Waals surface area contributed by atoms with Crippen molar-refractivity contribution in [1.82, 2.24) is 14.9 Å². The standard InChI is InChI=1S/C18H13ClF2N4O.ClH/c19-8-4-5-10-12(6-8)25-13-7-11(17(25)24-10)23-16(22)9-2-1-3-14(15(9)13)26-18(20)21;/h1-6,11,13,18H,7H2,(H2,22,23);1H. The van der Waals surface area contributed by atoms with Gasteiger partial charge in [0.05, 0.1) is 23.1 Å². The van der Waals surface area contributed by atoms with Gasteiger partial charge in [0.1, 0.15) is 17.4 Å². The molecule has 0 amide bonds. The molecule has 2 unspecified atom stereocenters. The predicted molar refractivity (Wildman–Crippen MR) is 101 cm³/mol. The van der Waals surface area contributed by atoms with Crippen LogP contribution in [-0.4, -0.2) is 22.0 Å². The van der Waals surface area contributed by atoms with Crippen LogP contribution < -0.4 is 10.1 Å². The zero-order valence-electron chi connectivity index (χ0n) is 13.7. The average molecular weight is 411 g/mol. The molecule has 9 heteroatoms. The number of aromatic nitrogens is 2. The van der Waals surface area contributed by atoms with Crippen LogP contribution in [-0.2, 0) is 0 Å². The average Bonchev–Trinajstić information content (AvgIpc) is 3.07. The van der Waals surface area contributed by atoms with Crippen LogP contribution in [0, 0.1) is 5.41 Å². The number of rotatable bonds is 2. The van der Waals surface area contributed by atoms with E-state index in [9.17, 15) is 8.78 Å². The molecule has 0 radical (unpaired) electrons. The summed E-state index contributed by atoms with van der Waals surface area (Å²) in [5, 5.41) is 12.1. The summed E-state index contributed by atoms with van der Waals surface area (Å²) in [6, 6.07) is 9.87. The molecule has 0 fully saturated rings. The van der Waals surface area contributed by atoms with Crippen molar-refractivity contribution in [3.8, 4) is 5.75 Å². The molecule has 27 heavy (non-hydrogen) atoms. The summed E-state index contributed by atoms with van der Waals surface area (Å²) < 4.78 is 32.7. The van der Waals surface area contributed by atoms with Gasteiger partial charge in [0.2, 0.25) is 0 Å². The molecule has 2 aromatic carbocycles. The van der Waals surface area contributed by atoms with E-state index < -0.39 is 6.61 Å². The Morgan fingerprint density at radius 2 is 2.11 bits per heavy atom. The molecule has 0 saturated carbocycles. The van der Waals surface area contributed by atoms with Crippen molar-refractivity contribution in [2.45, 2.75) is 25.1 Å². The molecule has 5 rings (SSSR count). The normalized spacial score (nSPS) is 19.9. The summed E-state index contributed by atoms with van der Waals surface area (Å²) >= 11 is 6.16. The van der Waals surface area contributed by atoms with E-state index in [0.29, 0.717) is 22.6 Å². The number of benzene rings is 2. The zero-order chi connectivity index (χ0) is 18.0. The molecule has 0 aliphatic carbocycles. The van der Waals surface area contributed by atoms with Crippen molar-refractivity contribution in [2.75, 3.05) is 0 Å². The fourth-order valence-electron chi connectivity index (χ4n) is 4.02. The SMILES string of the molecule is Cl.N=C1NC2CC(c3c(OC(F)F)cccc31)n1c2nc2ccc(Cl)cc21. The smallest absolute Gasteiger partial charge is 0.387 e. The molecule has 5 nitrogen and oxygen atoms in total. The van der Waals surface area contributed by atoms with E-state index in [0.717, 1.165) is 16.9 Å². The maximum absolute atomic E-state index is 12.9. The number of alkyl halides is 2. The lowest BCUT2D eigenvalue weighted by atomic mass is 9.97. The first kappa shape index (κ1) is 18.0. The molecule has 2 atom stereocenters. The minimum absolute atomic E-state index is 0. The van der Waals surface area contributed by atoms with Gasteiger partial charge in [-0.3, -0.25) is 5.41 Å². The van der Waals surface area contributed by atoms with Gasteiger partial charge in [0.15, 0.2) is 0 Å². The van der Waals surface area contributed by atoms with E-state index in [1.54, 1.807) is 18.2 Å². The lowest BCUT2D eigenvalue weighted by Crippen LogP contribution is -2.28. The Hall–Kier alpha value is -2.38. The summed E-state index contributed by atoms with van der Waals surface area (Å²) in [6.45, 7) is -2.93. The molecule has 2 aliphatic rings. The predicted octanol–water partition coefficient (Wildman–Crippen LogP) is 4.68. The number of nitrogens with one attached hydrogen (secondary N) is 2. The van der Waals surface area contributed by atoms with Gasteiger partial charge in [-0.05, 0) is 30.7 Å². The molecule has 3 aromatic rings.